The molecule has 0 aliphatic heterocycles. The lowest BCUT2D eigenvalue weighted by molar-refractivity contribution is 0.164. The Morgan fingerprint density at radius 3 is 2.35 bits per heavy atom. The molecule has 2 nitrogen and oxygen atoms in total. The third kappa shape index (κ3) is 3.42. The van der Waals surface area contributed by atoms with Crippen LogP contribution >= 0.6 is 0 Å². The molecule has 0 spiro atoms. The predicted molar refractivity (Wildman–Crippen MR) is 87.1 cm³/mol. The van der Waals surface area contributed by atoms with Crippen LogP contribution in [0.25, 0.3) is 0 Å². The van der Waals surface area contributed by atoms with Gasteiger partial charge in [0, 0.05) is 12.1 Å². The van der Waals surface area contributed by atoms with E-state index in [9.17, 15) is 0 Å². The Hall–Kier alpha value is -0.860. The molecule has 0 aromatic heterocycles. The molecule has 1 aromatic rings. The number of hydrogen-bond donors (Lipinski definition) is 1. The van der Waals surface area contributed by atoms with Gasteiger partial charge in [-0.15, -0.1) is 0 Å². The fourth-order valence-corrected chi connectivity index (χ4v) is 3.43. The summed E-state index contributed by atoms with van der Waals surface area (Å²) >= 11 is 0. The molecule has 0 heterocycles. The summed E-state index contributed by atoms with van der Waals surface area (Å²) in [5.74, 6) is 0. The molecule has 0 saturated carbocycles. The lowest BCUT2D eigenvalue weighted by Crippen LogP contribution is -2.43. The van der Waals surface area contributed by atoms with Crippen LogP contribution in [0.4, 0.5) is 0 Å². The van der Waals surface area contributed by atoms with E-state index < -0.39 is 0 Å². The third-order valence-corrected chi connectivity index (χ3v) is 4.58. The molecule has 2 atom stereocenters. The molecular weight excluding hydrogens is 244 g/mol. The van der Waals surface area contributed by atoms with Crippen molar-refractivity contribution in [2.24, 2.45) is 0 Å². The first-order valence-corrected chi connectivity index (χ1v) is 8.30. The van der Waals surface area contributed by atoms with Gasteiger partial charge in [0.2, 0.25) is 0 Å². The minimum absolute atomic E-state index is 0.500. The van der Waals surface area contributed by atoms with E-state index in [1.54, 1.807) is 0 Å². The summed E-state index contributed by atoms with van der Waals surface area (Å²) in [6, 6.07) is 10.1. The lowest BCUT2D eigenvalue weighted by Gasteiger charge is -2.33. The summed E-state index contributed by atoms with van der Waals surface area (Å²) in [6.07, 6.45) is 6.40. The molecule has 0 saturated heterocycles. The van der Waals surface area contributed by atoms with E-state index in [2.05, 4.69) is 55.4 Å². The van der Waals surface area contributed by atoms with Crippen LogP contribution in [0, 0.1) is 0 Å². The molecule has 0 radical (unpaired) electrons. The highest BCUT2D eigenvalue weighted by Gasteiger charge is 2.34. The van der Waals surface area contributed by atoms with Crippen LogP contribution in [0.5, 0.6) is 0 Å². The Labute approximate surface area is 124 Å². The number of unbranched alkanes of at least 4 members (excludes halogenated alkanes) is 2. The van der Waals surface area contributed by atoms with Gasteiger partial charge in [0.1, 0.15) is 0 Å². The third-order valence-electron chi connectivity index (χ3n) is 4.58. The normalized spacial score (nSPS) is 21.4. The maximum Gasteiger partial charge on any atom is 0.0481 e. The van der Waals surface area contributed by atoms with Crippen LogP contribution in [-0.4, -0.2) is 31.1 Å². The van der Waals surface area contributed by atoms with E-state index in [0.717, 1.165) is 0 Å². The molecule has 0 amide bonds. The van der Waals surface area contributed by atoms with E-state index >= 15 is 0 Å². The van der Waals surface area contributed by atoms with Crippen LogP contribution in [0.15, 0.2) is 24.3 Å². The molecule has 2 rings (SSSR count). The second kappa shape index (κ2) is 7.80. The van der Waals surface area contributed by atoms with Crippen LogP contribution in [0.1, 0.15) is 56.7 Å². The zero-order chi connectivity index (χ0) is 14.4. The van der Waals surface area contributed by atoms with Gasteiger partial charge < -0.3 is 5.32 Å². The Bertz CT molecular complexity index is 394. The van der Waals surface area contributed by atoms with Crippen molar-refractivity contribution in [3.63, 3.8) is 0 Å². The lowest BCUT2D eigenvalue weighted by atomic mass is 10.1. The zero-order valence-corrected chi connectivity index (χ0v) is 13.4. The van der Waals surface area contributed by atoms with Gasteiger partial charge >= 0.3 is 0 Å². The van der Waals surface area contributed by atoms with E-state index in [0.29, 0.717) is 12.1 Å². The summed E-state index contributed by atoms with van der Waals surface area (Å²) in [6.45, 7) is 7.06. The standard InChI is InChI=1S/C18H30N2/c1-4-6-12-20(13-7-5-2)17-14-15-10-8-9-11-16(15)18(17)19-3/h8-11,17-19H,4-7,12-14H2,1-3H3. The van der Waals surface area contributed by atoms with Crippen molar-refractivity contribution in [3.05, 3.63) is 35.4 Å². The number of likely N-dealkylation sites (N-methyl/N-ethyl adjacent to an activating group) is 1. The van der Waals surface area contributed by atoms with Gasteiger partial charge in [0.05, 0.1) is 0 Å². The fraction of sp³-hybridized carbons (Fsp3) is 0.667. The molecule has 112 valence electrons. The Kier molecular flexibility index (Phi) is 6.06. The van der Waals surface area contributed by atoms with E-state index in [1.807, 2.05) is 0 Å². The number of hydrogen-bond acceptors (Lipinski definition) is 2. The minimum atomic E-state index is 0.500. The second-order valence-corrected chi connectivity index (χ2v) is 5.98. The van der Waals surface area contributed by atoms with Gasteiger partial charge in [-0.2, -0.15) is 0 Å². The molecule has 0 bridgehead atoms. The van der Waals surface area contributed by atoms with Crippen molar-refractivity contribution >= 4 is 0 Å². The van der Waals surface area contributed by atoms with E-state index in [-0.39, 0.29) is 0 Å². The van der Waals surface area contributed by atoms with Gasteiger partial charge in [0.15, 0.2) is 0 Å². The fourth-order valence-electron chi connectivity index (χ4n) is 3.43. The van der Waals surface area contributed by atoms with Crippen molar-refractivity contribution in [2.75, 3.05) is 20.1 Å². The predicted octanol–water partition coefficient (Wildman–Crippen LogP) is 3.77. The summed E-state index contributed by atoms with van der Waals surface area (Å²) in [4.78, 5) is 2.73. The molecular formula is C18H30N2. The van der Waals surface area contributed by atoms with Gasteiger partial charge in [-0.05, 0) is 50.5 Å². The van der Waals surface area contributed by atoms with Gasteiger partial charge in [-0.25, -0.2) is 0 Å². The van der Waals surface area contributed by atoms with Crippen molar-refractivity contribution in [1.29, 1.82) is 0 Å². The number of nitrogens with one attached hydrogen (secondary N) is 1. The highest BCUT2D eigenvalue weighted by Crippen LogP contribution is 2.34. The van der Waals surface area contributed by atoms with Crippen LogP contribution < -0.4 is 5.32 Å². The molecule has 2 heteroatoms. The van der Waals surface area contributed by atoms with Crippen LogP contribution in [0.2, 0.25) is 0 Å². The van der Waals surface area contributed by atoms with Crippen LogP contribution in [0.3, 0.4) is 0 Å². The van der Waals surface area contributed by atoms with Gasteiger partial charge in [-0.3, -0.25) is 4.90 Å². The van der Waals surface area contributed by atoms with Crippen molar-refractivity contribution in [2.45, 2.75) is 58.0 Å². The summed E-state index contributed by atoms with van der Waals surface area (Å²) < 4.78 is 0. The Balaban J connectivity index is 2.12. The van der Waals surface area contributed by atoms with Gasteiger partial charge in [-0.1, -0.05) is 51.0 Å². The quantitative estimate of drug-likeness (QED) is 0.776. The van der Waals surface area contributed by atoms with E-state index in [4.69, 9.17) is 0 Å². The molecule has 1 N–H and O–H groups in total. The largest absolute Gasteiger partial charge is 0.312 e. The monoisotopic (exact) mass is 274 g/mol. The zero-order valence-electron chi connectivity index (χ0n) is 13.4. The highest BCUT2D eigenvalue weighted by molar-refractivity contribution is 5.37. The summed E-state index contributed by atoms with van der Waals surface area (Å²) in [7, 11) is 2.11. The summed E-state index contributed by atoms with van der Waals surface area (Å²) in [5, 5.41) is 3.56. The first-order valence-electron chi connectivity index (χ1n) is 8.30. The highest BCUT2D eigenvalue weighted by atomic mass is 15.2. The average Bonchev–Trinajstić information content (AvgIpc) is 2.85. The molecule has 1 aliphatic rings. The molecule has 2 unspecified atom stereocenters. The molecule has 20 heavy (non-hydrogen) atoms. The first-order chi connectivity index (χ1) is 9.81. The van der Waals surface area contributed by atoms with Gasteiger partial charge in [0.25, 0.3) is 0 Å². The number of fused-ring (bicyclic) bond motifs is 1. The van der Waals surface area contributed by atoms with E-state index in [1.165, 1.54) is 56.3 Å². The topological polar surface area (TPSA) is 15.3 Å². The second-order valence-electron chi connectivity index (χ2n) is 5.98. The van der Waals surface area contributed by atoms with Crippen molar-refractivity contribution in [1.82, 2.24) is 10.2 Å². The molecule has 0 fully saturated rings. The summed E-state index contributed by atoms with van der Waals surface area (Å²) in [5.41, 5.74) is 3.05. The minimum Gasteiger partial charge on any atom is -0.312 e. The average molecular weight is 274 g/mol. The molecule has 1 aliphatic carbocycles. The smallest absolute Gasteiger partial charge is 0.0481 e. The number of rotatable bonds is 8. The number of nitrogens with zero attached hydrogens (tertiary/aromatic N) is 1. The first kappa shape index (κ1) is 15.5. The molecule has 1 aromatic carbocycles. The Morgan fingerprint density at radius 2 is 1.75 bits per heavy atom. The van der Waals surface area contributed by atoms with Crippen molar-refractivity contribution < 1.29 is 0 Å². The van der Waals surface area contributed by atoms with Crippen LogP contribution in [-0.2, 0) is 6.42 Å². The maximum atomic E-state index is 3.56. The number of benzene rings is 1. The maximum absolute atomic E-state index is 3.56. The Morgan fingerprint density at radius 1 is 1.10 bits per heavy atom. The SMILES string of the molecule is CCCCN(CCCC)C1Cc2ccccc2C1NC. The van der Waals surface area contributed by atoms with Crippen molar-refractivity contribution in [3.8, 4) is 0 Å².